The summed E-state index contributed by atoms with van der Waals surface area (Å²) in [5, 5.41) is 8.48. The molecular formula is C24H22F2N6O2S. The fourth-order valence-corrected chi connectivity index (χ4v) is 4.88. The molecule has 0 N–H and O–H groups in total. The van der Waals surface area contributed by atoms with Gasteiger partial charge >= 0.3 is 0 Å². The van der Waals surface area contributed by atoms with E-state index in [9.17, 15) is 18.4 Å². The van der Waals surface area contributed by atoms with Gasteiger partial charge in [0.2, 0.25) is 11.6 Å². The summed E-state index contributed by atoms with van der Waals surface area (Å²) >= 11 is 1.20. The molecule has 0 saturated carbocycles. The minimum atomic E-state index is -0.398. The molecule has 1 aliphatic heterocycles. The maximum Gasteiger partial charge on any atom is 0.296 e. The average Bonchev–Trinajstić information content (AvgIpc) is 3.30. The number of benzene rings is 2. The van der Waals surface area contributed by atoms with Gasteiger partial charge in [0.15, 0.2) is 5.16 Å². The third kappa shape index (κ3) is 4.76. The van der Waals surface area contributed by atoms with Gasteiger partial charge in [0.05, 0.1) is 18.0 Å². The molecule has 0 atom stereocenters. The first-order valence-electron chi connectivity index (χ1n) is 11.1. The molecule has 8 nitrogen and oxygen atoms in total. The molecule has 0 spiro atoms. The zero-order chi connectivity index (χ0) is 24.4. The van der Waals surface area contributed by atoms with Crippen LogP contribution in [0.3, 0.4) is 0 Å². The first-order valence-corrected chi connectivity index (χ1v) is 12.1. The predicted molar refractivity (Wildman–Crippen MR) is 129 cm³/mol. The quantitative estimate of drug-likeness (QED) is 0.382. The number of para-hydroxylation sites is 1. The first-order chi connectivity index (χ1) is 17.0. The standard InChI is InChI=1S/C24H22F2N6O2S/c25-18-6-2-1-5-17(18)15-31-13-14-32-22(23(31)34)27-28-24(32)35-16-21(33)30-11-9-29(10-12-30)20-8-4-3-7-19(20)26/h1-8,13-14H,9-12,15-16H2. The van der Waals surface area contributed by atoms with Crippen molar-refractivity contribution in [2.24, 2.45) is 0 Å². The molecule has 1 aliphatic rings. The van der Waals surface area contributed by atoms with Gasteiger partial charge in [-0.05, 0) is 18.2 Å². The number of nitrogens with zero attached hydrogens (tertiary/aromatic N) is 6. The smallest absolute Gasteiger partial charge is 0.296 e. The number of amides is 1. The van der Waals surface area contributed by atoms with Crippen LogP contribution >= 0.6 is 11.8 Å². The second-order valence-corrected chi connectivity index (χ2v) is 9.05. The summed E-state index contributed by atoms with van der Waals surface area (Å²) in [6.07, 6.45) is 3.19. The highest BCUT2D eigenvalue weighted by Gasteiger charge is 2.23. The van der Waals surface area contributed by atoms with E-state index in [-0.39, 0.29) is 35.5 Å². The van der Waals surface area contributed by atoms with Crippen LogP contribution in [0.4, 0.5) is 14.5 Å². The van der Waals surface area contributed by atoms with Gasteiger partial charge in [0.1, 0.15) is 11.6 Å². The number of fused-ring (bicyclic) bond motifs is 1. The molecule has 5 rings (SSSR count). The van der Waals surface area contributed by atoms with E-state index in [0.717, 1.165) is 0 Å². The van der Waals surface area contributed by atoms with Gasteiger partial charge in [0, 0.05) is 44.1 Å². The third-order valence-corrected chi connectivity index (χ3v) is 6.89. The largest absolute Gasteiger partial charge is 0.366 e. The van der Waals surface area contributed by atoms with Gasteiger partial charge in [-0.25, -0.2) is 8.78 Å². The van der Waals surface area contributed by atoms with Crippen molar-refractivity contribution in [1.29, 1.82) is 0 Å². The number of carbonyl (C=O) groups is 1. The van der Waals surface area contributed by atoms with Crippen molar-refractivity contribution in [1.82, 2.24) is 24.1 Å². The minimum Gasteiger partial charge on any atom is -0.366 e. The van der Waals surface area contributed by atoms with Crippen LogP contribution in [-0.2, 0) is 11.3 Å². The summed E-state index contributed by atoms with van der Waals surface area (Å²) in [5.74, 6) is -0.578. The summed E-state index contributed by atoms with van der Waals surface area (Å²) in [6.45, 7) is 2.16. The number of carbonyl (C=O) groups excluding carboxylic acids is 1. The molecule has 0 aliphatic carbocycles. The first kappa shape index (κ1) is 23.0. The van der Waals surface area contributed by atoms with Crippen molar-refractivity contribution in [2.75, 3.05) is 36.8 Å². The highest BCUT2D eigenvalue weighted by atomic mass is 32.2. The Morgan fingerprint density at radius 1 is 0.914 bits per heavy atom. The van der Waals surface area contributed by atoms with E-state index >= 15 is 0 Å². The summed E-state index contributed by atoms with van der Waals surface area (Å²) in [5.41, 5.74) is 0.654. The normalized spacial score (nSPS) is 14.0. The Hall–Kier alpha value is -3.73. The van der Waals surface area contributed by atoms with Crippen molar-refractivity contribution in [3.63, 3.8) is 0 Å². The van der Waals surface area contributed by atoms with E-state index in [1.807, 2.05) is 4.90 Å². The highest BCUT2D eigenvalue weighted by Crippen LogP contribution is 2.21. The molecule has 3 heterocycles. The van der Waals surface area contributed by atoms with Crippen molar-refractivity contribution >= 4 is 29.0 Å². The minimum absolute atomic E-state index is 0.0622. The molecule has 0 bridgehead atoms. The number of aromatic nitrogens is 4. The lowest BCUT2D eigenvalue weighted by molar-refractivity contribution is -0.128. The Kier molecular flexibility index (Phi) is 6.49. The van der Waals surface area contributed by atoms with Gasteiger partial charge in [-0.1, -0.05) is 42.1 Å². The van der Waals surface area contributed by atoms with Crippen LogP contribution < -0.4 is 10.5 Å². The van der Waals surface area contributed by atoms with E-state index in [1.54, 1.807) is 53.7 Å². The van der Waals surface area contributed by atoms with Crippen molar-refractivity contribution in [2.45, 2.75) is 11.7 Å². The zero-order valence-electron chi connectivity index (χ0n) is 18.7. The van der Waals surface area contributed by atoms with E-state index in [0.29, 0.717) is 42.6 Å². The summed E-state index contributed by atoms with van der Waals surface area (Å²) in [6, 6.07) is 12.9. The van der Waals surface area contributed by atoms with Crippen LogP contribution in [0.1, 0.15) is 5.56 Å². The molecule has 0 radical (unpaired) electrons. The Morgan fingerprint density at radius 3 is 2.37 bits per heavy atom. The van der Waals surface area contributed by atoms with Crippen molar-refractivity contribution in [3.05, 3.63) is 88.5 Å². The Morgan fingerprint density at radius 2 is 1.63 bits per heavy atom. The molecule has 1 amide bonds. The molecule has 1 saturated heterocycles. The number of hydrogen-bond acceptors (Lipinski definition) is 6. The fourth-order valence-electron chi connectivity index (χ4n) is 4.06. The zero-order valence-corrected chi connectivity index (χ0v) is 19.5. The van der Waals surface area contributed by atoms with E-state index in [2.05, 4.69) is 10.2 Å². The lowest BCUT2D eigenvalue weighted by Crippen LogP contribution is -2.49. The van der Waals surface area contributed by atoms with Gasteiger partial charge in [-0.15, -0.1) is 10.2 Å². The summed E-state index contributed by atoms with van der Waals surface area (Å²) < 4.78 is 30.9. The van der Waals surface area contributed by atoms with E-state index in [1.165, 1.54) is 32.9 Å². The number of halogens is 2. The van der Waals surface area contributed by atoms with Gasteiger partial charge in [0.25, 0.3) is 5.56 Å². The Balaban J connectivity index is 1.21. The monoisotopic (exact) mass is 496 g/mol. The van der Waals surface area contributed by atoms with Crippen LogP contribution in [0.2, 0.25) is 0 Å². The molecule has 2 aromatic heterocycles. The molecule has 0 unspecified atom stereocenters. The number of rotatable bonds is 6. The molecule has 11 heteroatoms. The molecular weight excluding hydrogens is 474 g/mol. The van der Waals surface area contributed by atoms with Gasteiger partial charge < -0.3 is 14.4 Å². The number of piperazine rings is 1. The van der Waals surface area contributed by atoms with Crippen molar-refractivity contribution in [3.8, 4) is 0 Å². The molecule has 35 heavy (non-hydrogen) atoms. The average molecular weight is 497 g/mol. The molecule has 4 aromatic rings. The van der Waals surface area contributed by atoms with Gasteiger partial charge in [-0.3, -0.25) is 14.0 Å². The Bertz CT molecular complexity index is 1430. The molecule has 180 valence electrons. The topological polar surface area (TPSA) is 75.7 Å². The van der Waals surface area contributed by atoms with Crippen molar-refractivity contribution < 1.29 is 13.6 Å². The lowest BCUT2D eigenvalue weighted by atomic mass is 10.2. The number of anilines is 1. The van der Waals surface area contributed by atoms with Crippen LogP contribution in [0, 0.1) is 11.6 Å². The predicted octanol–water partition coefficient (Wildman–Crippen LogP) is 2.66. The van der Waals surface area contributed by atoms with Gasteiger partial charge in [-0.2, -0.15) is 0 Å². The van der Waals surface area contributed by atoms with Crippen LogP contribution in [0.25, 0.3) is 5.65 Å². The van der Waals surface area contributed by atoms with Crippen LogP contribution in [0.5, 0.6) is 0 Å². The summed E-state index contributed by atoms with van der Waals surface area (Å²) in [4.78, 5) is 29.2. The Labute approximate surface area is 203 Å². The molecule has 1 fully saturated rings. The van der Waals surface area contributed by atoms with Crippen LogP contribution in [-0.4, -0.2) is 61.9 Å². The fraction of sp³-hybridized carbons (Fsp3) is 0.250. The third-order valence-electron chi connectivity index (χ3n) is 5.96. The number of hydrogen-bond donors (Lipinski definition) is 0. The van der Waals surface area contributed by atoms with E-state index in [4.69, 9.17) is 0 Å². The van der Waals surface area contributed by atoms with E-state index < -0.39 is 5.56 Å². The summed E-state index contributed by atoms with van der Waals surface area (Å²) in [7, 11) is 0. The lowest BCUT2D eigenvalue weighted by Gasteiger charge is -2.36. The second kappa shape index (κ2) is 9.87. The SMILES string of the molecule is O=C(CSc1nnc2c(=O)n(Cc3ccccc3F)ccn12)N1CCN(c2ccccc2F)CC1. The number of thioether (sulfide) groups is 1. The highest BCUT2D eigenvalue weighted by molar-refractivity contribution is 7.99. The van der Waals surface area contributed by atoms with Crippen LogP contribution in [0.15, 0.2) is 70.9 Å². The maximum absolute atomic E-state index is 14.0. The second-order valence-electron chi connectivity index (χ2n) is 8.11. The maximum atomic E-state index is 14.0. The molecule has 2 aromatic carbocycles.